The molecule has 0 aromatic carbocycles. The summed E-state index contributed by atoms with van der Waals surface area (Å²) in [7, 11) is 0. The lowest BCUT2D eigenvalue weighted by Gasteiger charge is -2.05. The maximum absolute atomic E-state index is 11.3. The lowest BCUT2D eigenvalue weighted by molar-refractivity contribution is 0.1000. The fraction of sp³-hybridized carbons (Fsp3) is 0.167. The van der Waals surface area contributed by atoms with E-state index in [-0.39, 0.29) is 0 Å². The molecule has 1 nitrogen and oxygen atoms in total. The lowest BCUT2D eigenvalue weighted by atomic mass is 10.3. The topological polar surface area (TPSA) is 17.1 Å². The van der Waals surface area contributed by atoms with Gasteiger partial charge in [-0.05, 0) is 22.0 Å². The zero-order chi connectivity index (χ0) is 9.35. The minimum atomic E-state index is -1.86. The van der Waals surface area contributed by atoms with E-state index in [0.717, 1.165) is 4.47 Å². The highest BCUT2D eigenvalue weighted by Gasteiger charge is 2.32. The number of hydrogen-bond donors (Lipinski definition) is 0. The molecule has 0 N–H and O–H groups in total. The second kappa shape index (κ2) is 3.84. The second-order valence-electron chi connectivity index (χ2n) is 1.96. The molecule has 0 amide bonds. The van der Waals surface area contributed by atoms with E-state index in [4.69, 9.17) is 34.8 Å². The van der Waals surface area contributed by atoms with Crippen LogP contribution in [0.2, 0.25) is 0 Å². The van der Waals surface area contributed by atoms with Crippen molar-refractivity contribution in [2.24, 2.45) is 0 Å². The molecule has 1 rings (SSSR count). The molecule has 1 aromatic heterocycles. The predicted molar refractivity (Wildman–Crippen MR) is 56.6 cm³/mol. The Morgan fingerprint density at radius 1 is 1.50 bits per heavy atom. The van der Waals surface area contributed by atoms with Gasteiger partial charge in [0.25, 0.3) is 3.79 Å². The van der Waals surface area contributed by atoms with Gasteiger partial charge in [0.05, 0.1) is 4.88 Å². The van der Waals surface area contributed by atoms with Crippen molar-refractivity contribution in [3.8, 4) is 0 Å². The van der Waals surface area contributed by atoms with Crippen molar-refractivity contribution in [2.75, 3.05) is 0 Å². The molecule has 0 fully saturated rings. The Hall–Kier alpha value is 0.720. The van der Waals surface area contributed by atoms with Gasteiger partial charge in [-0.1, -0.05) is 34.8 Å². The largest absolute Gasteiger partial charge is 0.288 e. The Labute approximate surface area is 96.7 Å². The van der Waals surface area contributed by atoms with Crippen molar-refractivity contribution in [2.45, 2.75) is 3.79 Å². The average Bonchev–Trinajstić information content (AvgIpc) is 2.32. The molecule has 1 aromatic rings. The monoisotopic (exact) mass is 306 g/mol. The Morgan fingerprint density at radius 2 is 2.08 bits per heavy atom. The fourth-order valence-corrected chi connectivity index (χ4v) is 2.47. The summed E-state index contributed by atoms with van der Waals surface area (Å²) in [6, 6.07) is 1.62. The maximum Gasteiger partial charge on any atom is 0.254 e. The number of alkyl halides is 3. The highest BCUT2D eigenvalue weighted by molar-refractivity contribution is 9.10. The van der Waals surface area contributed by atoms with Crippen LogP contribution in [0.15, 0.2) is 15.9 Å². The normalized spacial score (nSPS) is 11.7. The zero-order valence-electron chi connectivity index (χ0n) is 5.48. The summed E-state index contributed by atoms with van der Waals surface area (Å²) in [5, 5.41) is 1.75. The minimum Gasteiger partial charge on any atom is -0.288 e. The first-order valence-electron chi connectivity index (χ1n) is 2.77. The molecule has 6 heteroatoms. The van der Waals surface area contributed by atoms with Crippen molar-refractivity contribution < 1.29 is 4.79 Å². The van der Waals surface area contributed by atoms with Crippen LogP contribution in [0.5, 0.6) is 0 Å². The molecule has 0 atom stereocenters. The number of halogens is 4. The molecule has 12 heavy (non-hydrogen) atoms. The fourth-order valence-electron chi connectivity index (χ4n) is 0.572. The highest BCUT2D eigenvalue weighted by Crippen LogP contribution is 2.33. The van der Waals surface area contributed by atoms with E-state index < -0.39 is 9.58 Å². The number of ketones is 1. The van der Waals surface area contributed by atoms with Crippen molar-refractivity contribution in [3.63, 3.8) is 0 Å². The molecule has 0 radical (unpaired) electrons. The predicted octanol–water partition coefficient (Wildman–Crippen LogP) is 4.06. The molecule has 1 heterocycles. The third kappa shape index (κ3) is 2.60. The highest BCUT2D eigenvalue weighted by atomic mass is 79.9. The van der Waals surface area contributed by atoms with Gasteiger partial charge >= 0.3 is 0 Å². The van der Waals surface area contributed by atoms with Gasteiger partial charge in [0, 0.05) is 9.85 Å². The molecule has 0 bridgehead atoms. The van der Waals surface area contributed by atoms with Crippen molar-refractivity contribution >= 4 is 67.9 Å². The quantitative estimate of drug-likeness (QED) is 0.565. The van der Waals surface area contributed by atoms with Gasteiger partial charge < -0.3 is 0 Å². The number of rotatable bonds is 1. The summed E-state index contributed by atoms with van der Waals surface area (Å²) in [4.78, 5) is 11.7. The van der Waals surface area contributed by atoms with Crippen LogP contribution in [-0.4, -0.2) is 9.58 Å². The number of Topliss-reactive ketones (excluding diaryl/α,β-unsaturated/α-hetero) is 1. The molecule has 0 aliphatic heterocycles. The van der Waals surface area contributed by atoms with Gasteiger partial charge in [-0.25, -0.2) is 0 Å². The van der Waals surface area contributed by atoms with Crippen LogP contribution >= 0.6 is 62.1 Å². The van der Waals surface area contributed by atoms with E-state index in [1.165, 1.54) is 11.3 Å². The van der Waals surface area contributed by atoms with Crippen LogP contribution in [0, 0.1) is 0 Å². The molecule has 0 saturated carbocycles. The van der Waals surface area contributed by atoms with Crippen molar-refractivity contribution in [3.05, 3.63) is 20.8 Å². The van der Waals surface area contributed by atoms with E-state index >= 15 is 0 Å². The Bertz CT molecular complexity index is 304. The minimum absolute atomic E-state index is 0.432. The number of carbonyl (C=O) groups excluding carboxylic acids is 1. The van der Waals surface area contributed by atoms with E-state index in [1.54, 1.807) is 11.4 Å². The van der Waals surface area contributed by atoms with Crippen LogP contribution < -0.4 is 0 Å². The Morgan fingerprint density at radius 3 is 2.42 bits per heavy atom. The lowest BCUT2D eigenvalue weighted by Crippen LogP contribution is -2.17. The molecular formula is C6H2BrCl3OS. The van der Waals surface area contributed by atoms with Gasteiger partial charge in [0.2, 0.25) is 5.78 Å². The van der Waals surface area contributed by atoms with Crippen LogP contribution in [0.25, 0.3) is 0 Å². The van der Waals surface area contributed by atoms with Crippen LogP contribution in [0.4, 0.5) is 0 Å². The first kappa shape index (κ1) is 10.8. The average molecular weight is 308 g/mol. The molecule has 66 valence electrons. The summed E-state index contributed by atoms with van der Waals surface area (Å²) in [6.07, 6.45) is 0. The third-order valence-electron chi connectivity index (χ3n) is 1.05. The molecule has 0 saturated heterocycles. The van der Waals surface area contributed by atoms with Crippen molar-refractivity contribution in [1.82, 2.24) is 0 Å². The zero-order valence-corrected chi connectivity index (χ0v) is 10.2. The first-order chi connectivity index (χ1) is 5.41. The van der Waals surface area contributed by atoms with Crippen LogP contribution in [0.3, 0.4) is 0 Å². The SMILES string of the molecule is O=C(c1cc(Br)cs1)C(Cl)(Cl)Cl. The van der Waals surface area contributed by atoms with Gasteiger partial charge in [0.1, 0.15) is 0 Å². The number of carbonyl (C=O) groups is 1. The Kier molecular flexibility index (Phi) is 3.46. The van der Waals surface area contributed by atoms with E-state index in [2.05, 4.69) is 15.9 Å². The molecule has 0 aliphatic carbocycles. The third-order valence-corrected chi connectivity index (χ3v) is 3.25. The summed E-state index contributed by atoms with van der Waals surface area (Å²) >= 11 is 20.6. The van der Waals surface area contributed by atoms with E-state index in [1.807, 2.05) is 0 Å². The first-order valence-corrected chi connectivity index (χ1v) is 5.57. The maximum atomic E-state index is 11.3. The smallest absolute Gasteiger partial charge is 0.254 e. The molecule has 0 aliphatic rings. The number of hydrogen-bond acceptors (Lipinski definition) is 2. The van der Waals surface area contributed by atoms with Gasteiger partial charge in [0.15, 0.2) is 0 Å². The summed E-state index contributed by atoms with van der Waals surface area (Å²) in [5.74, 6) is -0.497. The number of thiophene rings is 1. The Balaban J connectivity index is 2.93. The molecular weight excluding hydrogens is 306 g/mol. The molecule has 0 spiro atoms. The van der Waals surface area contributed by atoms with E-state index in [0.29, 0.717) is 4.88 Å². The van der Waals surface area contributed by atoms with Crippen LogP contribution in [0.1, 0.15) is 9.67 Å². The van der Waals surface area contributed by atoms with Crippen LogP contribution in [-0.2, 0) is 0 Å². The summed E-state index contributed by atoms with van der Waals surface area (Å²) in [6.45, 7) is 0. The van der Waals surface area contributed by atoms with Gasteiger partial charge in [-0.3, -0.25) is 4.79 Å². The van der Waals surface area contributed by atoms with Gasteiger partial charge in [-0.15, -0.1) is 11.3 Å². The summed E-state index contributed by atoms with van der Waals surface area (Å²) < 4.78 is -1.05. The summed E-state index contributed by atoms with van der Waals surface area (Å²) in [5.41, 5.74) is 0. The second-order valence-corrected chi connectivity index (χ2v) is 6.06. The van der Waals surface area contributed by atoms with Crippen molar-refractivity contribution in [1.29, 1.82) is 0 Å². The van der Waals surface area contributed by atoms with E-state index in [9.17, 15) is 4.79 Å². The molecule has 0 unspecified atom stereocenters. The standard InChI is InChI=1S/C6H2BrCl3OS/c7-3-1-4(12-2-3)5(11)6(8,9)10/h1-2H. The van der Waals surface area contributed by atoms with Gasteiger partial charge in [-0.2, -0.15) is 0 Å².